The Morgan fingerprint density at radius 1 is 1.12 bits per heavy atom. The molecule has 0 aliphatic rings. The second-order valence-electron chi connectivity index (χ2n) is 5.48. The molecule has 0 aliphatic heterocycles. The summed E-state index contributed by atoms with van der Waals surface area (Å²) in [6, 6.07) is 10.5. The van der Waals surface area contributed by atoms with Crippen LogP contribution in [0.3, 0.4) is 0 Å². The van der Waals surface area contributed by atoms with E-state index in [-0.39, 0.29) is 17.7 Å². The summed E-state index contributed by atoms with van der Waals surface area (Å²) in [7, 11) is 0. The predicted octanol–water partition coefficient (Wildman–Crippen LogP) is 3.96. The molecular formula is C18H13F4N3O. The van der Waals surface area contributed by atoms with Crippen LogP contribution in [0.4, 0.5) is 17.6 Å². The number of rotatable bonds is 4. The Morgan fingerprint density at radius 3 is 2.46 bits per heavy atom. The Bertz CT molecular complexity index is 903. The van der Waals surface area contributed by atoms with Crippen molar-refractivity contribution in [2.24, 2.45) is 0 Å². The molecule has 0 unspecified atom stereocenters. The van der Waals surface area contributed by atoms with Crippen LogP contribution in [0, 0.1) is 5.82 Å². The van der Waals surface area contributed by atoms with Crippen molar-refractivity contribution >= 4 is 5.91 Å². The van der Waals surface area contributed by atoms with Crippen LogP contribution in [-0.2, 0) is 12.7 Å². The molecule has 1 aromatic heterocycles. The first kappa shape index (κ1) is 17.7. The van der Waals surface area contributed by atoms with Gasteiger partial charge in [0.05, 0.1) is 11.3 Å². The molecule has 3 rings (SSSR count). The van der Waals surface area contributed by atoms with Crippen LogP contribution in [0.2, 0.25) is 0 Å². The molecule has 0 saturated carbocycles. The molecule has 3 aromatic rings. The summed E-state index contributed by atoms with van der Waals surface area (Å²) in [6.45, 7) is -0.366. The molecule has 1 heterocycles. The normalized spacial score (nSPS) is 11.4. The van der Waals surface area contributed by atoms with Crippen LogP contribution in [-0.4, -0.2) is 15.7 Å². The molecule has 0 spiro atoms. The van der Waals surface area contributed by atoms with Crippen LogP contribution >= 0.6 is 0 Å². The van der Waals surface area contributed by atoms with E-state index in [0.717, 1.165) is 17.8 Å². The molecule has 2 aromatic carbocycles. The minimum Gasteiger partial charge on any atom is -0.348 e. The summed E-state index contributed by atoms with van der Waals surface area (Å²) in [4.78, 5) is 12.2. The van der Waals surface area contributed by atoms with Gasteiger partial charge in [0.15, 0.2) is 0 Å². The van der Waals surface area contributed by atoms with Crippen molar-refractivity contribution in [3.8, 4) is 5.69 Å². The highest BCUT2D eigenvalue weighted by Crippen LogP contribution is 2.32. The maximum absolute atomic E-state index is 13.1. The van der Waals surface area contributed by atoms with E-state index in [1.54, 1.807) is 47.4 Å². The number of benzene rings is 2. The van der Waals surface area contributed by atoms with E-state index < -0.39 is 23.5 Å². The van der Waals surface area contributed by atoms with Gasteiger partial charge in [-0.15, -0.1) is 0 Å². The summed E-state index contributed by atoms with van der Waals surface area (Å²) in [5.74, 6) is -1.52. The number of nitrogens with zero attached hydrogens (tertiary/aromatic N) is 2. The van der Waals surface area contributed by atoms with Crippen LogP contribution in [0.15, 0.2) is 60.9 Å². The van der Waals surface area contributed by atoms with Crippen molar-refractivity contribution in [3.05, 3.63) is 83.4 Å². The fourth-order valence-corrected chi connectivity index (χ4v) is 2.43. The van der Waals surface area contributed by atoms with Crippen LogP contribution in [0.5, 0.6) is 0 Å². The molecule has 8 heteroatoms. The number of aromatic nitrogens is 2. The number of alkyl halides is 3. The number of halogens is 4. The smallest absolute Gasteiger partial charge is 0.348 e. The van der Waals surface area contributed by atoms with Crippen molar-refractivity contribution in [1.29, 1.82) is 0 Å². The van der Waals surface area contributed by atoms with Gasteiger partial charge in [0.1, 0.15) is 5.82 Å². The van der Waals surface area contributed by atoms with Crippen molar-refractivity contribution in [1.82, 2.24) is 15.1 Å². The lowest BCUT2D eigenvalue weighted by Gasteiger charge is -2.13. The Kier molecular flexibility index (Phi) is 4.75. The zero-order valence-corrected chi connectivity index (χ0v) is 13.3. The Labute approximate surface area is 146 Å². The fourth-order valence-electron chi connectivity index (χ4n) is 2.43. The first-order chi connectivity index (χ1) is 12.3. The van der Waals surface area contributed by atoms with E-state index in [2.05, 4.69) is 10.4 Å². The van der Waals surface area contributed by atoms with Crippen molar-refractivity contribution in [2.45, 2.75) is 12.7 Å². The van der Waals surface area contributed by atoms with Gasteiger partial charge in [-0.2, -0.15) is 18.3 Å². The third-order valence-corrected chi connectivity index (χ3v) is 3.72. The predicted molar refractivity (Wildman–Crippen MR) is 86.1 cm³/mol. The monoisotopic (exact) mass is 363 g/mol. The number of amides is 1. The van der Waals surface area contributed by atoms with Gasteiger partial charge in [0.25, 0.3) is 5.91 Å². The van der Waals surface area contributed by atoms with E-state index >= 15 is 0 Å². The zero-order valence-electron chi connectivity index (χ0n) is 13.3. The van der Waals surface area contributed by atoms with Crippen LogP contribution < -0.4 is 5.32 Å². The maximum atomic E-state index is 13.1. The molecule has 0 saturated heterocycles. The molecular weight excluding hydrogens is 350 g/mol. The first-order valence-corrected chi connectivity index (χ1v) is 7.58. The summed E-state index contributed by atoms with van der Waals surface area (Å²) in [6.07, 6.45) is -1.35. The Morgan fingerprint density at radius 2 is 1.85 bits per heavy atom. The quantitative estimate of drug-likeness (QED) is 0.714. The van der Waals surface area contributed by atoms with E-state index in [1.807, 2.05) is 0 Å². The summed E-state index contributed by atoms with van der Waals surface area (Å²) >= 11 is 0. The third kappa shape index (κ3) is 3.90. The lowest BCUT2D eigenvalue weighted by molar-refractivity contribution is -0.138. The topological polar surface area (TPSA) is 46.9 Å². The van der Waals surface area contributed by atoms with E-state index in [4.69, 9.17) is 0 Å². The summed E-state index contributed by atoms with van der Waals surface area (Å²) in [5, 5.41) is 6.47. The highest BCUT2D eigenvalue weighted by Gasteiger charge is 2.33. The van der Waals surface area contributed by atoms with E-state index in [0.29, 0.717) is 6.07 Å². The molecule has 134 valence electrons. The molecule has 1 amide bonds. The average molecular weight is 363 g/mol. The second-order valence-corrected chi connectivity index (χ2v) is 5.48. The van der Waals surface area contributed by atoms with Gasteiger partial charge in [-0.25, -0.2) is 9.07 Å². The molecule has 4 nitrogen and oxygen atoms in total. The number of carbonyl (C=O) groups is 1. The molecule has 0 aliphatic carbocycles. The molecule has 0 fully saturated rings. The Balaban J connectivity index is 1.71. The number of nitrogens with one attached hydrogen (secondary N) is 1. The van der Waals surface area contributed by atoms with Crippen LogP contribution in [0.1, 0.15) is 21.5 Å². The van der Waals surface area contributed by atoms with Crippen molar-refractivity contribution < 1.29 is 22.4 Å². The lowest BCUT2D eigenvalue weighted by atomic mass is 10.1. The standard InChI is InChI=1S/C18H13F4N3O/c19-14-5-2-13(16(10-14)18(20,21)22)11-23-17(26)12-3-6-15(7-4-12)25-9-1-8-24-25/h1-10H,11H2,(H,23,26). The second kappa shape index (κ2) is 6.99. The molecule has 0 bridgehead atoms. The highest BCUT2D eigenvalue weighted by molar-refractivity contribution is 5.94. The van der Waals surface area contributed by atoms with E-state index in [9.17, 15) is 22.4 Å². The largest absolute Gasteiger partial charge is 0.416 e. The van der Waals surface area contributed by atoms with Crippen LogP contribution in [0.25, 0.3) is 5.69 Å². The van der Waals surface area contributed by atoms with Gasteiger partial charge in [-0.3, -0.25) is 4.79 Å². The molecule has 1 N–H and O–H groups in total. The van der Waals surface area contributed by atoms with Gasteiger partial charge < -0.3 is 5.32 Å². The molecule has 0 atom stereocenters. The van der Waals surface area contributed by atoms with Crippen molar-refractivity contribution in [2.75, 3.05) is 0 Å². The minimum absolute atomic E-state index is 0.208. The molecule has 26 heavy (non-hydrogen) atoms. The third-order valence-electron chi connectivity index (χ3n) is 3.72. The first-order valence-electron chi connectivity index (χ1n) is 7.58. The lowest BCUT2D eigenvalue weighted by Crippen LogP contribution is -2.24. The molecule has 0 radical (unpaired) electrons. The SMILES string of the molecule is O=C(NCc1ccc(F)cc1C(F)(F)F)c1ccc(-n2cccn2)cc1. The highest BCUT2D eigenvalue weighted by atomic mass is 19.4. The number of hydrogen-bond donors (Lipinski definition) is 1. The number of carbonyl (C=O) groups excluding carboxylic acids is 1. The summed E-state index contributed by atoms with van der Waals surface area (Å²) in [5.41, 5.74) is -0.284. The van der Waals surface area contributed by atoms with Gasteiger partial charge in [-0.05, 0) is 48.0 Å². The van der Waals surface area contributed by atoms with Gasteiger partial charge in [0.2, 0.25) is 0 Å². The zero-order chi connectivity index (χ0) is 18.7. The summed E-state index contributed by atoms with van der Waals surface area (Å²) < 4.78 is 53.6. The average Bonchev–Trinajstić information content (AvgIpc) is 3.14. The number of hydrogen-bond acceptors (Lipinski definition) is 2. The Hall–Kier alpha value is -3.16. The van der Waals surface area contributed by atoms with E-state index in [1.165, 1.54) is 0 Å². The fraction of sp³-hybridized carbons (Fsp3) is 0.111. The van der Waals surface area contributed by atoms with Gasteiger partial charge >= 0.3 is 6.18 Å². The minimum atomic E-state index is -4.70. The maximum Gasteiger partial charge on any atom is 0.416 e. The van der Waals surface area contributed by atoms with Gasteiger partial charge in [0, 0.05) is 24.5 Å². The van der Waals surface area contributed by atoms with Gasteiger partial charge in [-0.1, -0.05) is 6.07 Å². The van der Waals surface area contributed by atoms with Crippen molar-refractivity contribution in [3.63, 3.8) is 0 Å².